The molecule has 2 N–H and O–H groups in total. The molecule has 0 aliphatic rings. The Balaban J connectivity index is 2.35. The summed E-state index contributed by atoms with van der Waals surface area (Å²) in [6.45, 7) is 0.463. The quantitative estimate of drug-likeness (QED) is 0.885. The summed E-state index contributed by atoms with van der Waals surface area (Å²) in [7, 11) is 0. The number of aromatic nitrogens is 2. The molecule has 0 aliphatic heterocycles. The summed E-state index contributed by atoms with van der Waals surface area (Å²) in [5.41, 5.74) is 6.35. The normalized spacial score (nSPS) is 10.5. The van der Waals surface area contributed by atoms with E-state index in [2.05, 4.69) is 20.9 Å². The predicted octanol–water partition coefficient (Wildman–Crippen LogP) is 2.47. The molecule has 1 aromatic heterocycles. The van der Waals surface area contributed by atoms with Crippen molar-refractivity contribution in [2.75, 3.05) is 0 Å². The first-order valence-electron chi connectivity index (χ1n) is 4.83. The van der Waals surface area contributed by atoms with Crippen LogP contribution in [0.2, 0.25) is 0 Å². The van der Waals surface area contributed by atoms with Crippen molar-refractivity contribution in [3.05, 3.63) is 52.3 Å². The Labute approximate surface area is 112 Å². The first kappa shape index (κ1) is 12.2. The van der Waals surface area contributed by atoms with Crippen molar-refractivity contribution in [1.82, 2.24) is 9.55 Å². The van der Waals surface area contributed by atoms with Gasteiger partial charge in [-0.05, 0) is 27.6 Å². The lowest BCUT2D eigenvalue weighted by Gasteiger charge is -2.08. The van der Waals surface area contributed by atoms with E-state index in [4.69, 9.17) is 18.0 Å². The Morgan fingerprint density at radius 3 is 3.00 bits per heavy atom. The molecule has 0 saturated carbocycles. The van der Waals surface area contributed by atoms with Gasteiger partial charge in [-0.2, -0.15) is 0 Å². The predicted molar refractivity (Wildman–Crippen MR) is 71.3 cm³/mol. The van der Waals surface area contributed by atoms with E-state index in [1.807, 2.05) is 6.07 Å². The van der Waals surface area contributed by atoms with Gasteiger partial charge in [0.15, 0.2) is 5.82 Å². The molecule has 2 aromatic rings. The standard InChI is InChI=1S/C11H9BrFN3S/c12-9-7(2-1-3-8(9)13)6-16-5-4-15-11(16)10(14)17/h1-5H,6H2,(H2,14,17). The summed E-state index contributed by atoms with van der Waals surface area (Å²) >= 11 is 8.10. The van der Waals surface area contributed by atoms with Crippen LogP contribution in [0.4, 0.5) is 4.39 Å². The van der Waals surface area contributed by atoms with E-state index in [0.29, 0.717) is 16.8 Å². The summed E-state index contributed by atoms with van der Waals surface area (Å²) in [6, 6.07) is 4.89. The van der Waals surface area contributed by atoms with Crippen LogP contribution in [0.15, 0.2) is 35.1 Å². The average molecular weight is 314 g/mol. The van der Waals surface area contributed by atoms with Gasteiger partial charge < -0.3 is 10.3 Å². The van der Waals surface area contributed by atoms with Crippen molar-refractivity contribution in [3.63, 3.8) is 0 Å². The molecule has 0 atom stereocenters. The minimum absolute atomic E-state index is 0.225. The lowest BCUT2D eigenvalue weighted by Crippen LogP contribution is -2.17. The van der Waals surface area contributed by atoms with E-state index in [-0.39, 0.29) is 10.8 Å². The number of thiocarbonyl (C=S) groups is 1. The number of hydrogen-bond acceptors (Lipinski definition) is 2. The van der Waals surface area contributed by atoms with Gasteiger partial charge >= 0.3 is 0 Å². The molecule has 0 saturated heterocycles. The van der Waals surface area contributed by atoms with Gasteiger partial charge in [-0.1, -0.05) is 24.4 Å². The van der Waals surface area contributed by atoms with Crippen molar-refractivity contribution in [2.24, 2.45) is 5.73 Å². The van der Waals surface area contributed by atoms with E-state index in [1.165, 1.54) is 6.07 Å². The zero-order chi connectivity index (χ0) is 12.4. The third-order valence-corrected chi connectivity index (χ3v) is 3.38. The smallest absolute Gasteiger partial charge is 0.167 e. The average Bonchev–Trinajstić information content (AvgIpc) is 2.73. The van der Waals surface area contributed by atoms with E-state index < -0.39 is 0 Å². The van der Waals surface area contributed by atoms with Crippen molar-refractivity contribution in [3.8, 4) is 0 Å². The highest BCUT2D eigenvalue weighted by Gasteiger charge is 2.09. The highest BCUT2D eigenvalue weighted by Crippen LogP contribution is 2.21. The third kappa shape index (κ3) is 2.53. The van der Waals surface area contributed by atoms with Gasteiger partial charge in [0.2, 0.25) is 0 Å². The third-order valence-electron chi connectivity index (χ3n) is 2.31. The Morgan fingerprint density at radius 2 is 2.29 bits per heavy atom. The molecule has 1 aromatic carbocycles. The molecule has 0 bridgehead atoms. The molecular formula is C11H9BrFN3S. The molecule has 0 fully saturated rings. The van der Waals surface area contributed by atoms with Crippen molar-refractivity contribution >= 4 is 33.1 Å². The molecule has 17 heavy (non-hydrogen) atoms. The van der Waals surface area contributed by atoms with Crippen LogP contribution in [0.5, 0.6) is 0 Å². The van der Waals surface area contributed by atoms with E-state index in [9.17, 15) is 4.39 Å². The molecule has 0 amide bonds. The minimum atomic E-state index is -0.292. The number of nitrogens with two attached hydrogens (primary N) is 1. The second-order valence-electron chi connectivity index (χ2n) is 3.46. The molecule has 0 radical (unpaired) electrons. The molecule has 88 valence electrons. The first-order valence-corrected chi connectivity index (χ1v) is 6.03. The summed E-state index contributed by atoms with van der Waals surface area (Å²) < 4.78 is 15.6. The molecule has 1 heterocycles. The van der Waals surface area contributed by atoms with Crippen LogP contribution in [-0.2, 0) is 6.54 Å². The molecule has 2 rings (SSSR count). The van der Waals surface area contributed by atoms with Crippen LogP contribution in [-0.4, -0.2) is 14.5 Å². The molecular weight excluding hydrogens is 305 g/mol. The van der Waals surface area contributed by atoms with Crippen LogP contribution >= 0.6 is 28.1 Å². The van der Waals surface area contributed by atoms with Crippen LogP contribution in [0.1, 0.15) is 11.4 Å². The van der Waals surface area contributed by atoms with Gasteiger partial charge in [-0.3, -0.25) is 0 Å². The number of nitrogens with zero attached hydrogens (tertiary/aromatic N) is 2. The Bertz CT molecular complexity index is 568. The highest BCUT2D eigenvalue weighted by molar-refractivity contribution is 9.10. The minimum Gasteiger partial charge on any atom is -0.387 e. The fourth-order valence-corrected chi connectivity index (χ4v) is 2.08. The fraction of sp³-hybridized carbons (Fsp3) is 0.0909. The van der Waals surface area contributed by atoms with Crippen LogP contribution in [0.25, 0.3) is 0 Å². The Hall–Kier alpha value is -1.27. The van der Waals surface area contributed by atoms with Gasteiger partial charge in [-0.25, -0.2) is 9.37 Å². The maximum atomic E-state index is 13.3. The summed E-state index contributed by atoms with van der Waals surface area (Å²) in [6.07, 6.45) is 3.37. The molecule has 0 aliphatic carbocycles. The van der Waals surface area contributed by atoms with Crippen LogP contribution in [0, 0.1) is 5.82 Å². The van der Waals surface area contributed by atoms with Crippen LogP contribution in [0.3, 0.4) is 0 Å². The second kappa shape index (κ2) is 4.93. The molecule has 0 unspecified atom stereocenters. The second-order valence-corrected chi connectivity index (χ2v) is 4.69. The number of rotatable bonds is 3. The highest BCUT2D eigenvalue weighted by atomic mass is 79.9. The lowest BCUT2D eigenvalue weighted by molar-refractivity contribution is 0.615. The molecule has 3 nitrogen and oxygen atoms in total. The van der Waals surface area contributed by atoms with Gasteiger partial charge in [0.05, 0.1) is 11.0 Å². The zero-order valence-electron chi connectivity index (χ0n) is 8.73. The largest absolute Gasteiger partial charge is 0.387 e. The van der Waals surface area contributed by atoms with E-state index >= 15 is 0 Å². The van der Waals surface area contributed by atoms with Crippen molar-refractivity contribution < 1.29 is 4.39 Å². The van der Waals surface area contributed by atoms with Crippen molar-refractivity contribution in [1.29, 1.82) is 0 Å². The number of imidazole rings is 1. The van der Waals surface area contributed by atoms with E-state index in [0.717, 1.165) is 5.56 Å². The number of hydrogen-bond donors (Lipinski definition) is 1. The fourth-order valence-electron chi connectivity index (χ4n) is 1.52. The topological polar surface area (TPSA) is 43.8 Å². The van der Waals surface area contributed by atoms with Gasteiger partial charge in [-0.15, -0.1) is 0 Å². The van der Waals surface area contributed by atoms with Gasteiger partial charge in [0.1, 0.15) is 10.8 Å². The monoisotopic (exact) mass is 313 g/mol. The maximum absolute atomic E-state index is 13.3. The molecule has 6 heteroatoms. The molecule has 0 spiro atoms. The lowest BCUT2D eigenvalue weighted by atomic mass is 10.2. The number of halogens is 2. The number of benzene rings is 1. The van der Waals surface area contributed by atoms with Gasteiger partial charge in [0, 0.05) is 12.4 Å². The Kier molecular flexibility index (Phi) is 3.54. The van der Waals surface area contributed by atoms with Gasteiger partial charge in [0.25, 0.3) is 0 Å². The zero-order valence-corrected chi connectivity index (χ0v) is 11.1. The summed E-state index contributed by atoms with van der Waals surface area (Å²) in [5.74, 6) is 0.232. The first-order chi connectivity index (χ1) is 8.09. The SMILES string of the molecule is NC(=S)c1nccn1Cc1cccc(F)c1Br. The summed E-state index contributed by atoms with van der Waals surface area (Å²) in [5, 5.41) is 0. The van der Waals surface area contributed by atoms with E-state index in [1.54, 1.807) is 23.0 Å². The Morgan fingerprint density at radius 1 is 1.53 bits per heavy atom. The van der Waals surface area contributed by atoms with Crippen LogP contribution < -0.4 is 5.73 Å². The van der Waals surface area contributed by atoms with Crippen molar-refractivity contribution in [2.45, 2.75) is 6.54 Å². The summed E-state index contributed by atoms with van der Waals surface area (Å²) in [4.78, 5) is 4.28. The maximum Gasteiger partial charge on any atom is 0.167 e.